The van der Waals surface area contributed by atoms with Crippen molar-refractivity contribution >= 4 is 6.03 Å². The summed E-state index contributed by atoms with van der Waals surface area (Å²) < 4.78 is 17.1. The lowest BCUT2D eigenvalue weighted by Gasteiger charge is -2.34. The van der Waals surface area contributed by atoms with Crippen LogP contribution in [0.5, 0.6) is 0 Å². The number of nitrogens with zero attached hydrogens (tertiary/aromatic N) is 1. The van der Waals surface area contributed by atoms with E-state index in [-0.39, 0.29) is 12.4 Å². The molecule has 0 aromatic rings. The number of amides is 2. The molecule has 4 unspecified atom stereocenters. The van der Waals surface area contributed by atoms with E-state index in [2.05, 4.69) is 10.7 Å². The molecule has 112 valence electrons. The monoisotopic (exact) mass is 286 g/mol. The van der Waals surface area contributed by atoms with Crippen molar-refractivity contribution in [1.29, 1.82) is 0 Å². The van der Waals surface area contributed by atoms with Crippen LogP contribution in [0.25, 0.3) is 0 Å². The zero-order valence-electron chi connectivity index (χ0n) is 11.2. The van der Waals surface area contributed by atoms with Gasteiger partial charge in [0.25, 0.3) is 0 Å². The van der Waals surface area contributed by atoms with Gasteiger partial charge in [-0.05, 0) is 13.8 Å². The van der Waals surface area contributed by atoms with Gasteiger partial charge in [-0.15, -0.1) is 0 Å². The molecule has 2 amide bonds. The molecule has 9 heteroatoms. The summed E-state index contributed by atoms with van der Waals surface area (Å²) in [5.41, 5.74) is 8.23. The number of carbonyl (C=O) groups excluding carboxylic acids is 1. The lowest BCUT2D eigenvalue weighted by atomic mass is 10.1. The van der Waals surface area contributed by atoms with Crippen molar-refractivity contribution in [1.82, 2.24) is 15.8 Å². The Morgan fingerprint density at radius 1 is 1.45 bits per heavy atom. The highest BCUT2D eigenvalue weighted by molar-refractivity contribution is 5.76. The molecular weight excluding hydrogens is 268 g/mol. The van der Waals surface area contributed by atoms with Crippen molar-refractivity contribution in [2.45, 2.75) is 44.2 Å². The van der Waals surface area contributed by atoms with Gasteiger partial charge in [0.15, 0.2) is 12.0 Å². The van der Waals surface area contributed by atoms with Crippen LogP contribution < -0.4 is 16.5 Å². The molecule has 3 aliphatic rings. The molecule has 5 N–H and O–H groups in total. The van der Waals surface area contributed by atoms with E-state index in [1.54, 1.807) is 13.8 Å². The van der Waals surface area contributed by atoms with Crippen molar-refractivity contribution in [2.75, 3.05) is 6.61 Å². The van der Waals surface area contributed by atoms with Crippen LogP contribution in [0.2, 0.25) is 0 Å². The Morgan fingerprint density at radius 3 is 2.80 bits per heavy atom. The number of hydrogen-bond donors (Lipinski definition) is 4. The molecule has 0 spiro atoms. The van der Waals surface area contributed by atoms with E-state index in [1.165, 1.54) is 11.2 Å². The van der Waals surface area contributed by atoms with E-state index in [0.717, 1.165) is 0 Å². The average molecular weight is 286 g/mol. The Balaban J connectivity index is 1.82. The smallest absolute Gasteiger partial charge is 0.344 e. The maximum Gasteiger partial charge on any atom is 0.344 e. The van der Waals surface area contributed by atoms with Crippen LogP contribution in [0.15, 0.2) is 12.0 Å². The summed E-state index contributed by atoms with van der Waals surface area (Å²) in [7, 11) is 0. The predicted octanol–water partition coefficient (Wildman–Crippen LogP) is -1.49. The van der Waals surface area contributed by atoms with Crippen LogP contribution in [0.4, 0.5) is 4.79 Å². The van der Waals surface area contributed by atoms with Crippen molar-refractivity contribution in [2.24, 2.45) is 5.73 Å². The van der Waals surface area contributed by atoms with Crippen LogP contribution in [0, 0.1) is 0 Å². The lowest BCUT2D eigenvalue weighted by molar-refractivity contribution is -0.207. The number of urea groups is 1. The third kappa shape index (κ3) is 2.08. The van der Waals surface area contributed by atoms with Crippen LogP contribution >= 0.6 is 0 Å². The maximum atomic E-state index is 11.9. The molecule has 9 nitrogen and oxygen atoms in total. The normalized spacial score (nSPS) is 39.0. The number of aliphatic hydroxyl groups excluding tert-OH is 1. The summed E-state index contributed by atoms with van der Waals surface area (Å²) >= 11 is 0. The molecule has 3 rings (SSSR count). The lowest BCUT2D eigenvalue weighted by Crippen LogP contribution is -2.59. The third-order valence-electron chi connectivity index (χ3n) is 3.39. The minimum absolute atomic E-state index is 0.212. The van der Waals surface area contributed by atoms with E-state index in [9.17, 15) is 9.90 Å². The minimum Gasteiger partial charge on any atom is -0.394 e. The summed E-state index contributed by atoms with van der Waals surface area (Å²) in [6, 6.07) is -0.458. The number of nitrogens with one attached hydrogen (secondary N) is 2. The first-order valence-corrected chi connectivity index (χ1v) is 6.35. The number of aliphatic hydroxyl groups is 1. The molecule has 2 fully saturated rings. The van der Waals surface area contributed by atoms with Gasteiger partial charge in [-0.3, -0.25) is 10.7 Å². The third-order valence-corrected chi connectivity index (χ3v) is 3.39. The molecular formula is C11H18N4O5. The van der Waals surface area contributed by atoms with Crippen LogP contribution in [0.3, 0.4) is 0 Å². The Labute approximate surface area is 115 Å². The summed E-state index contributed by atoms with van der Waals surface area (Å²) in [6.07, 6.45) is -0.758. The predicted molar refractivity (Wildman–Crippen MR) is 65.3 cm³/mol. The Kier molecular flexibility index (Phi) is 3.01. The summed E-state index contributed by atoms with van der Waals surface area (Å²) in [5.74, 6) is -0.574. The van der Waals surface area contributed by atoms with Crippen LogP contribution in [-0.4, -0.2) is 53.1 Å². The largest absolute Gasteiger partial charge is 0.394 e. The van der Waals surface area contributed by atoms with Gasteiger partial charge in [-0.1, -0.05) is 0 Å². The van der Waals surface area contributed by atoms with E-state index in [4.69, 9.17) is 19.9 Å². The Bertz CT molecular complexity index is 454. The molecule has 3 heterocycles. The van der Waals surface area contributed by atoms with Crippen LogP contribution in [0.1, 0.15) is 13.8 Å². The molecule has 0 aliphatic carbocycles. The first kappa shape index (κ1) is 13.4. The van der Waals surface area contributed by atoms with E-state index < -0.39 is 36.4 Å². The highest BCUT2D eigenvalue weighted by Crippen LogP contribution is 2.39. The maximum absolute atomic E-state index is 11.9. The van der Waals surface area contributed by atoms with Crippen molar-refractivity contribution in [3.05, 3.63) is 12.0 Å². The molecule has 3 aliphatic heterocycles. The number of hydrogen-bond acceptors (Lipinski definition) is 7. The van der Waals surface area contributed by atoms with Gasteiger partial charge in [-0.2, -0.15) is 0 Å². The van der Waals surface area contributed by atoms with E-state index in [1.807, 2.05) is 0 Å². The Hall–Kier alpha value is -1.55. The summed E-state index contributed by atoms with van der Waals surface area (Å²) in [4.78, 5) is 11.9. The zero-order chi connectivity index (χ0) is 14.5. The standard InChI is InChI=1S/C11H18N4O5/c1-11(2)19-7-5(4-16)18-9(8(7)20-11)15-10(17)14-6(12)3-13-15/h3,5,7-9,13,16H,4,12H2,1-2H3,(H,14,17). The van der Waals surface area contributed by atoms with Gasteiger partial charge < -0.3 is 25.1 Å². The number of carbonyl (C=O) groups is 1. The van der Waals surface area contributed by atoms with Gasteiger partial charge in [-0.25, -0.2) is 9.80 Å². The zero-order valence-corrected chi connectivity index (χ0v) is 11.2. The molecule has 0 bridgehead atoms. The number of hydrazine groups is 1. The second-order valence-corrected chi connectivity index (χ2v) is 5.34. The SMILES string of the molecule is CC1(C)OC2C(CO)OC(N3NC=C(N)NC3=O)C2O1. The second kappa shape index (κ2) is 4.48. The highest BCUT2D eigenvalue weighted by Gasteiger charge is 2.57. The minimum atomic E-state index is -0.786. The molecule has 0 saturated carbocycles. The number of rotatable bonds is 2. The number of nitrogens with two attached hydrogens (primary N) is 1. The molecule has 0 aromatic carbocycles. The first-order chi connectivity index (χ1) is 9.41. The van der Waals surface area contributed by atoms with E-state index >= 15 is 0 Å². The molecule has 2 saturated heterocycles. The van der Waals surface area contributed by atoms with Crippen molar-refractivity contribution in [3.8, 4) is 0 Å². The van der Waals surface area contributed by atoms with Gasteiger partial charge in [0.05, 0.1) is 12.8 Å². The second-order valence-electron chi connectivity index (χ2n) is 5.34. The fourth-order valence-corrected chi connectivity index (χ4v) is 2.62. The van der Waals surface area contributed by atoms with Crippen molar-refractivity contribution in [3.63, 3.8) is 0 Å². The molecule has 0 aromatic heterocycles. The average Bonchev–Trinajstić information content (AvgIpc) is 2.83. The van der Waals surface area contributed by atoms with Crippen molar-refractivity contribution < 1.29 is 24.1 Å². The van der Waals surface area contributed by atoms with Gasteiger partial charge in [0.2, 0.25) is 0 Å². The van der Waals surface area contributed by atoms with Gasteiger partial charge in [0.1, 0.15) is 24.1 Å². The fourth-order valence-electron chi connectivity index (χ4n) is 2.62. The number of ether oxygens (including phenoxy) is 3. The molecule has 4 atom stereocenters. The quantitative estimate of drug-likeness (QED) is 0.488. The van der Waals surface area contributed by atoms with Crippen LogP contribution in [-0.2, 0) is 14.2 Å². The highest BCUT2D eigenvalue weighted by atomic mass is 16.8. The van der Waals surface area contributed by atoms with Gasteiger partial charge in [0, 0.05) is 0 Å². The molecule has 0 radical (unpaired) electrons. The summed E-state index contributed by atoms with van der Waals surface area (Å²) in [6.45, 7) is 3.33. The fraction of sp³-hybridized carbons (Fsp3) is 0.727. The van der Waals surface area contributed by atoms with Gasteiger partial charge >= 0.3 is 6.03 Å². The topological polar surface area (TPSA) is 118 Å². The van der Waals surface area contributed by atoms with E-state index in [0.29, 0.717) is 0 Å². The summed E-state index contributed by atoms with van der Waals surface area (Å²) in [5, 5.41) is 13.1. The first-order valence-electron chi connectivity index (χ1n) is 6.35. The number of fused-ring (bicyclic) bond motifs is 1. The molecule has 20 heavy (non-hydrogen) atoms. The Morgan fingerprint density at radius 2 is 2.15 bits per heavy atom.